The molecular formula is C12H13FO4. The molecule has 1 aliphatic heterocycles. The maximum Gasteiger partial charge on any atom is 0.341 e. The third kappa shape index (κ3) is 1.81. The molecule has 2 rings (SSSR count). The Morgan fingerprint density at radius 3 is 2.82 bits per heavy atom. The van der Waals surface area contributed by atoms with Gasteiger partial charge >= 0.3 is 5.97 Å². The fourth-order valence-electron chi connectivity index (χ4n) is 1.93. The topological polar surface area (TPSA) is 55.8 Å². The summed E-state index contributed by atoms with van der Waals surface area (Å²) >= 11 is 0. The molecule has 0 aromatic heterocycles. The maximum atomic E-state index is 14.0. The first kappa shape index (κ1) is 11.7. The Bertz CT molecular complexity index is 494. The smallest absolute Gasteiger partial charge is 0.341 e. The monoisotopic (exact) mass is 240 g/mol. The molecule has 5 heteroatoms. The minimum absolute atomic E-state index is 0.0598. The molecule has 0 saturated carbocycles. The van der Waals surface area contributed by atoms with Crippen molar-refractivity contribution in [3.05, 3.63) is 23.0 Å². The largest absolute Gasteiger partial charge is 0.507 e. The van der Waals surface area contributed by atoms with Gasteiger partial charge in [0.05, 0.1) is 7.11 Å². The Hall–Kier alpha value is -1.78. The quantitative estimate of drug-likeness (QED) is 0.763. The van der Waals surface area contributed by atoms with Crippen LogP contribution in [0.3, 0.4) is 0 Å². The molecule has 1 heterocycles. The van der Waals surface area contributed by atoms with Gasteiger partial charge in [0.15, 0.2) is 11.6 Å². The summed E-state index contributed by atoms with van der Waals surface area (Å²) in [7, 11) is 1.15. The molecular weight excluding hydrogens is 227 g/mol. The molecule has 4 nitrogen and oxygen atoms in total. The lowest BCUT2D eigenvalue weighted by Gasteiger charge is -2.17. The zero-order valence-electron chi connectivity index (χ0n) is 9.83. The fourth-order valence-corrected chi connectivity index (χ4v) is 1.93. The van der Waals surface area contributed by atoms with Gasteiger partial charge in [-0.2, -0.15) is 0 Å². The summed E-state index contributed by atoms with van der Waals surface area (Å²) in [5.74, 6) is -1.83. The molecule has 0 spiro atoms. The van der Waals surface area contributed by atoms with Gasteiger partial charge in [-0.05, 0) is 19.9 Å². The maximum absolute atomic E-state index is 14.0. The van der Waals surface area contributed by atoms with Crippen molar-refractivity contribution in [1.29, 1.82) is 0 Å². The number of ether oxygens (including phenoxy) is 2. The summed E-state index contributed by atoms with van der Waals surface area (Å²) in [6.45, 7) is 3.56. The van der Waals surface area contributed by atoms with Crippen molar-refractivity contribution in [2.75, 3.05) is 7.11 Å². The number of esters is 1. The Labute approximate surface area is 98.0 Å². The van der Waals surface area contributed by atoms with E-state index in [0.717, 1.165) is 13.2 Å². The predicted octanol–water partition coefficient (Wildman–Crippen LogP) is 2.03. The minimum Gasteiger partial charge on any atom is -0.507 e. The highest BCUT2D eigenvalue weighted by atomic mass is 19.1. The molecule has 0 aliphatic carbocycles. The predicted molar refractivity (Wildman–Crippen MR) is 57.8 cm³/mol. The molecule has 1 aromatic rings. The summed E-state index contributed by atoms with van der Waals surface area (Å²) in [6, 6.07) is 1.07. The van der Waals surface area contributed by atoms with Crippen LogP contribution in [0, 0.1) is 5.82 Å². The molecule has 0 unspecified atom stereocenters. The summed E-state index contributed by atoms with van der Waals surface area (Å²) in [4.78, 5) is 11.3. The van der Waals surface area contributed by atoms with E-state index in [9.17, 15) is 14.3 Å². The number of methoxy groups -OCH3 is 1. The second kappa shape index (κ2) is 3.61. The number of rotatable bonds is 1. The van der Waals surface area contributed by atoms with Gasteiger partial charge in [0.25, 0.3) is 0 Å². The molecule has 0 atom stereocenters. The van der Waals surface area contributed by atoms with Gasteiger partial charge < -0.3 is 14.6 Å². The van der Waals surface area contributed by atoms with Gasteiger partial charge in [0.1, 0.15) is 16.9 Å². The van der Waals surface area contributed by atoms with Gasteiger partial charge in [-0.15, -0.1) is 0 Å². The lowest BCUT2D eigenvalue weighted by Crippen LogP contribution is -2.25. The van der Waals surface area contributed by atoms with Crippen molar-refractivity contribution in [3.8, 4) is 11.5 Å². The van der Waals surface area contributed by atoms with E-state index in [-0.39, 0.29) is 17.1 Å². The highest BCUT2D eigenvalue weighted by Crippen LogP contribution is 2.43. The standard InChI is InChI=1S/C12H13FO4/c1-12(2)5-7-8(14)4-6(11(15)16-3)9(13)10(7)17-12/h4,14H,5H2,1-3H3. The van der Waals surface area contributed by atoms with Gasteiger partial charge in [0, 0.05) is 12.0 Å². The SMILES string of the molecule is COC(=O)c1cc(O)c2c(c1F)OC(C)(C)C2. The summed E-state index contributed by atoms with van der Waals surface area (Å²) in [5, 5.41) is 9.76. The lowest BCUT2D eigenvalue weighted by atomic mass is 9.99. The zero-order chi connectivity index (χ0) is 12.8. The number of carbonyl (C=O) groups excluding carboxylic acids is 1. The van der Waals surface area contributed by atoms with Crippen LogP contribution >= 0.6 is 0 Å². The van der Waals surface area contributed by atoms with E-state index in [1.54, 1.807) is 13.8 Å². The highest BCUT2D eigenvalue weighted by Gasteiger charge is 2.36. The van der Waals surface area contributed by atoms with Crippen LogP contribution in [0.5, 0.6) is 11.5 Å². The van der Waals surface area contributed by atoms with Crippen LogP contribution in [0.15, 0.2) is 6.07 Å². The second-order valence-corrected chi connectivity index (χ2v) is 4.60. The van der Waals surface area contributed by atoms with E-state index in [1.165, 1.54) is 0 Å². The van der Waals surface area contributed by atoms with Gasteiger partial charge in [-0.1, -0.05) is 0 Å². The average Bonchev–Trinajstić information content (AvgIpc) is 2.59. The summed E-state index contributed by atoms with van der Waals surface area (Å²) in [5.41, 5.74) is -0.517. The van der Waals surface area contributed by atoms with Crippen LogP contribution in [0.4, 0.5) is 4.39 Å². The van der Waals surface area contributed by atoms with Crippen LogP contribution in [-0.2, 0) is 11.2 Å². The highest BCUT2D eigenvalue weighted by molar-refractivity contribution is 5.91. The number of phenols is 1. The van der Waals surface area contributed by atoms with E-state index in [4.69, 9.17) is 4.74 Å². The first-order chi connectivity index (χ1) is 7.85. The first-order valence-corrected chi connectivity index (χ1v) is 5.17. The zero-order valence-corrected chi connectivity index (χ0v) is 9.83. The fraction of sp³-hybridized carbons (Fsp3) is 0.417. The summed E-state index contributed by atoms with van der Waals surface area (Å²) < 4.78 is 23.8. The van der Waals surface area contributed by atoms with E-state index >= 15 is 0 Å². The van der Waals surface area contributed by atoms with Crippen molar-refractivity contribution in [2.45, 2.75) is 25.9 Å². The number of hydrogen-bond acceptors (Lipinski definition) is 4. The Morgan fingerprint density at radius 2 is 2.24 bits per heavy atom. The third-order valence-electron chi connectivity index (χ3n) is 2.69. The molecule has 1 N–H and O–H groups in total. The number of hydrogen-bond donors (Lipinski definition) is 1. The molecule has 0 amide bonds. The Morgan fingerprint density at radius 1 is 1.59 bits per heavy atom. The Kier molecular flexibility index (Phi) is 2.49. The average molecular weight is 240 g/mol. The van der Waals surface area contributed by atoms with E-state index in [0.29, 0.717) is 12.0 Å². The molecule has 1 aromatic carbocycles. The second-order valence-electron chi connectivity index (χ2n) is 4.60. The van der Waals surface area contributed by atoms with Gasteiger partial charge in [-0.25, -0.2) is 9.18 Å². The molecule has 0 bridgehead atoms. The van der Waals surface area contributed by atoms with Crippen LogP contribution in [0.25, 0.3) is 0 Å². The van der Waals surface area contributed by atoms with Crippen molar-refractivity contribution >= 4 is 5.97 Å². The van der Waals surface area contributed by atoms with Gasteiger partial charge in [-0.3, -0.25) is 0 Å². The number of halogens is 1. The van der Waals surface area contributed by atoms with E-state index in [2.05, 4.69) is 4.74 Å². The van der Waals surface area contributed by atoms with Crippen molar-refractivity contribution in [2.24, 2.45) is 0 Å². The molecule has 17 heavy (non-hydrogen) atoms. The molecule has 0 radical (unpaired) electrons. The van der Waals surface area contributed by atoms with Crippen LogP contribution in [0.2, 0.25) is 0 Å². The summed E-state index contributed by atoms with van der Waals surface area (Å²) in [6.07, 6.45) is 0.395. The number of aromatic hydroxyl groups is 1. The van der Waals surface area contributed by atoms with Crippen molar-refractivity contribution < 1.29 is 23.8 Å². The third-order valence-corrected chi connectivity index (χ3v) is 2.69. The van der Waals surface area contributed by atoms with Gasteiger partial charge in [0.2, 0.25) is 0 Å². The number of phenolic OH excluding ortho intramolecular Hbond substituents is 1. The minimum atomic E-state index is -0.839. The molecule has 1 aliphatic rings. The number of fused-ring (bicyclic) bond motifs is 1. The van der Waals surface area contributed by atoms with Crippen LogP contribution in [0.1, 0.15) is 29.8 Å². The molecule has 0 fully saturated rings. The van der Waals surface area contributed by atoms with Crippen LogP contribution < -0.4 is 4.74 Å². The van der Waals surface area contributed by atoms with E-state index in [1.807, 2.05) is 0 Å². The van der Waals surface area contributed by atoms with Crippen LogP contribution in [-0.4, -0.2) is 23.8 Å². The normalized spacial score (nSPS) is 16.2. The molecule has 92 valence electrons. The Balaban J connectivity index is 2.58. The number of benzene rings is 1. The van der Waals surface area contributed by atoms with Crippen molar-refractivity contribution in [1.82, 2.24) is 0 Å². The molecule has 0 saturated heterocycles. The number of carbonyl (C=O) groups is 1. The lowest BCUT2D eigenvalue weighted by molar-refractivity contribution is 0.0592. The first-order valence-electron chi connectivity index (χ1n) is 5.17. The van der Waals surface area contributed by atoms with E-state index < -0.39 is 17.4 Å². The van der Waals surface area contributed by atoms with Crippen molar-refractivity contribution in [3.63, 3.8) is 0 Å².